The van der Waals surface area contributed by atoms with E-state index in [1.807, 2.05) is 55.5 Å². The summed E-state index contributed by atoms with van der Waals surface area (Å²) < 4.78 is 11.1. The summed E-state index contributed by atoms with van der Waals surface area (Å²) in [4.78, 5) is 8.58. The maximum atomic E-state index is 6.36. The Labute approximate surface area is 163 Å². The monoisotopic (exact) mass is 378 g/mol. The molecular formula is C20H22N6O2. The van der Waals surface area contributed by atoms with E-state index < -0.39 is 0 Å². The molecule has 0 aliphatic carbocycles. The van der Waals surface area contributed by atoms with E-state index in [1.54, 1.807) is 6.20 Å². The summed E-state index contributed by atoms with van der Waals surface area (Å²) in [5, 5.41) is 9.46. The summed E-state index contributed by atoms with van der Waals surface area (Å²) in [5.74, 6) is 1.95. The number of pyridine rings is 1. The van der Waals surface area contributed by atoms with Gasteiger partial charge in [0.2, 0.25) is 5.88 Å². The van der Waals surface area contributed by atoms with E-state index in [0.29, 0.717) is 24.0 Å². The highest BCUT2D eigenvalue weighted by Crippen LogP contribution is 2.35. The summed E-state index contributed by atoms with van der Waals surface area (Å²) in [5.41, 5.74) is 9.70. The Bertz CT molecular complexity index is 969. The van der Waals surface area contributed by atoms with Crippen LogP contribution in [0.2, 0.25) is 0 Å². The zero-order valence-corrected chi connectivity index (χ0v) is 15.8. The Balaban J connectivity index is 1.59. The molecular weight excluding hydrogens is 356 g/mol. The van der Waals surface area contributed by atoms with Gasteiger partial charge in [0.05, 0.1) is 12.8 Å². The first kappa shape index (κ1) is 17.8. The van der Waals surface area contributed by atoms with Crippen molar-refractivity contribution < 1.29 is 9.15 Å². The Hall–Kier alpha value is -3.55. The highest BCUT2D eigenvalue weighted by atomic mass is 16.5. The molecule has 0 fully saturated rings. The molecule has 1 unspecified atom stereocenters. The number of hydrazone groups is 1. The van der Waals surface area contributed by atoms with E-state index >= 15 is 0 Å². The number of likely N-dealkylation sites (N-methyl/N-ethyl adjacent to an activating group) is 1. The van der Waals surface area contributed by atoms with Crippen molar-refractivity contribution in [3.05, 3.63) is 48.5 Å². The maximum absolute atomic E-state index is 6.36. The SMILES string of the molecule is CCOc1nc(Nc2ccc(-c3cnco3)cc2)cc(N)c1C1C=NN(C)C1. The molecule has 0 saturated carbocycles. The number of hydrogen-bond acceptors (Lipinski definition) is 8. The number of ether oxygens (including phenoxy) is 1. The quantitative estimate of drug-likeness (QED) is 0.677. The average molecular weight is 378 g/mol. The lowest BCUT2D eigenvalue weighted by Gasteiger charge is -2.18. The third kappa shape index (κ3) is 3.62. The van der Waals surface area contributed by atoms with Crippen LogP contribution < -0.4 is 15.8 Å². The summed E-state index contributed by atoms with van der Waals surface area (Å²) in [6.45, 7) is 3.19. The first-order valence-corrected chi connectivity index (χ1v) is 9.08. The molecule has 28 heavy (non-hydrogen) atoms. The van der Waals surface area contributed by atoms with Gasteiger partial charge in [-0.2, -0.15) is 10.1 Å². The van der Waals surface area contributed by atoms with E-state index in [-0.39, 0.29) is 5.92 Å². The number of rotatable bonds is 6. The fourth-order valence-electron chi connectivity index (χ4n) is 3.20. The van der Waals surface area contributed by atoms with Crippen LogP contribution in [0.3, 0.4) is 0 Å². The Kier molecular flexibility index (Phi) is 4.84. The number of nitrogens with two attached hydrogens (primary N) is 1. The van der Waals surface area contributed by atoms with Crippen molar-refractivity contribution in [2.75, 3.05) is 31.2 Å². The van der Waals surface area contributed by atoms with Crippen molar-refractivity contribution in [3.63, 3.8) is 0 Å². The number of hydrogen-bond donors (Lipinski definition) is 2. The van der Waals surface area contributed by atoms with Gasteiger partial charge in [0, 0.05) is 54.3 Å². The Morgan fingerprint density at radius 2 is 2.14 bits per heavy atom. The summed E-state index contributed by atoms with van der Waals surface area (Å²) >= 11 is 0. The molecule has 1 atom stereocenters. The van der Waals surface area contributed by atoms with Crippen LogP contribution in [-0.2, 0) is 0 Å². The van der Waals surface area contributed by atoms with Gasteiger partial charge in [0.1, 0.15) is 5.82 Å². The zero-order chi connectivity index (χ0) is 19.5. The number of oxazole rings is 1. The molecule has 8 heteroatoms. The highest BCUT2D eigenvalue weighted by Gasteiger charge is 2.25. The van der Waals surface area contributed by atoms with Gasteiger partial charge in [-0.1, -0.05) is 0 Å². The van der Waals surface area contributed by atoms with Crippen LogP contribution in [0.4, 0.5) is 17.2 Å². The molecule has 2 aromatic heterocycles. The van der Waals surface area contributed by atoms with Gasteiger partial charge >= 0.3 is 0 Å². The molecule has 0 radical (unpaired) electrons. The standard InChI is InChI=1S/C20H22N6O2/c1-3-27-20-19(14-9-23-26(2)11-14)16(21)8-18(25-20)24-15-6-4-13(5-7-15)17-10-22-12-28-17/h4-10,12,14H,3,11H2,1-2H3,(H3,21,24,25). The molecule has 0 amide bonds. The van der Waals surface area contributed by atoms with Crippen molar-refractivity contribution in [2.24, 2.45) is 5.10 Å². The Morgan fingerprint density at radius 3 is 2.79 bits per heavy atom. The van der Waals surface area contributed by atoms with Gasteiger partial charge in [-0.15, -0.1) is 0 Å². The lowest BCUT2D eigenvalue weighted by Crippen LogP contribution is -2.15. The zero-order valence-electron chi connectivity index (χ0n) is 15.8. The van der Waals surface area contributed by atoms with E-state index in [0.717, 1.165) is 29.1 Å². The third-order valence-electron chi connectivity index (χ3n) is 4.49. The molecule has 4 rings (SSSR count). The van der Waals surface area contributed by atoms with Crippen molar-refractivity contribution >= 4 is 23.4 Å². The second-order valence-corrected chi connectivity index (χ2v) is 6.53. The van der Waals surface area contributed by atoms with Crippen molar-refractivity contribution in [2.45, 2.75) is 12.8 Å². The molecule has 1 aliphatic heterocycles. The molecule has 0 spiro atoms. The molecule has 3 aromatic rings. The van der Waals surface area contributed by atoms with Gasteiger partial charge in [-0.05, 0) is 31.2 Å². The molecule has 8 nitrogen and oxygen atoms in total. The number of nitrogens with one attached hydrogen (secondary N) is 1. The molecule has 0 saturated heterocycles. The second kappa shape index (κ2) is 7.59. The number of nitrogens with zero attached hydrogens (tertiary/aromatic N) is 4. The molecule has 1 aromatic carbocycles. The first-order chi connectivity index (χ1) is 13.6. The minimum absolute atomic E-state index is 0.0642. The van der Waals surface area contributed by atoms with Crippen LogP contribution in [0.1, 0.15) is 18.4 Å². The predicted octanol–water partition coefficient (Wildman–Crippen LogP) is 3.48. The normalized spacial score (nSPS) is 15.8. The Morgan fingerprint density at radius 1 is 1.32 bits per heavy atom. The van der Waals surface area contributed by atoms with Gasteiger partial charge < -0.3 is 20.2 Å². The second-order valence-electron chi connectivity index (χ2n) is 6.53. The minimum atomic E-state index is 0.0642. The number of nitrogen functional groups attached to an aromatic ring is 1. The van der Waals surface area contributed by atoms with Crippen LogP contribution >= 0.6 is 0 Å². The van der Waals surface area contributed by atoms with Crippen LogP contribution in [0.5, 0.6) is 5.88 Å². The highest BCUT2D eigenvalue weighted by molar-refractivity contribution is 5.77. The van der Waals surface area contributed by atoms with Crippen LogP contribution in [0.25, 0.3) is 11.3 Å². The van der Waals surface area contributed by atoms with Crippen LogP contribution in [0, 0.1) is 0 Å². The minimum Gasteiger partial charge on any atom is -0.478 e. The van der Waals surface area contributed by atoms with Crippen molar-refractivity contribution in [3.8, 4) is 17.2 Å². The van der Waals surface area contributed by atoms with E-state index in [9.17, 15) is 0 Å². The maximum Gasteiger partial charge on any atom is 0.221 e. The summed E-state index contributed by atoms with van der Waals surface area (Å²) in [6.07, 6.45) is 4.98. The van der Waals surface area contributed by atoms with Gasteiger partial charge in [-0.25, -0.2) is 4.98 Å². The third-order valence-corrected chi connectivity index (χ3v) is 4.49. The fourth-order valence-corrected chi connectivity index (χ4v) is 3.20. The average Bonchev–Trinajstić information content (AvgIpc) is 3.34. The number of anilines is 3. The first-order valence-electron chi connectivity index (χ1n) is 9.08. The lowest BCUT2D eigenvalue weighted by atomic mass is 10.00. The number of benzene rings is 1. The van der Waals surface area contributed by atoms with Crippen molar-refractivity contribution in [1.29, 1.82) is 0 Å². The largest absolute Gasteiger partial charge is 0.478 e. The van der Waals surface area contributed by atoms with Gasteiger partial charge in [0.25, 0.3) is 0 Å². The van der Waals surface area contributed by atoms with Crippen LogP contribution in [0.15, 0.2) is 52.4 Å². The van der Waals surface area contributed by atoms with Crippen LogP contribution in [-0.4, -0.2) is 41.4 Å². The molecule has 144 valence electrons. The van der Waals surface area contributed by atoms with E-state index in [2.05, 4.69) is 20.4 Å². The topological polar surface area (TPSA) is 102 Å². The summed E-state index contributed by atoms with van der Waals surface area (Å²) in [6, 6.07) is 9.63. The number of aromatic nitrogens is 2. The summed E-state index contributed by atoms with van der Waals surface area (Å²) in [7, 11) is 1.93. The van der Waals surface area contributed by atoms with Crippen molar-refractivity contribution in [1.82, 2.24) is 15.0 Å². The molecule has 3 heterocycles. The fraction of sp³-hybridized carbons (Fsp3) is 0.250. The predicted molar refractivity (Wildman–Crippen MR) is 109 cm³/mol. The molecule has 1 aliphatic rings. The van der Waals surface area contributed by atoms with Gasteiger partial charge in [-0.3, -0.25) is 5.01 Å². The van der Waals surface area contributed by atoms with E-state index in [4.69, 9.17) is 14.9 Å². The molecule has 0 bridgehead atoms. The smallest absolute Gasteiger partial charge is 0.221 e. The van der Waals surface area contributed by atoms with Gasteiger partial charge in [0.15, 0.2) is 12.2 Å². The lowest BCUT2D eigenvalue weighted by molar-refractivity contribution is 0.320. The molecule has 3 N–H and O–H groups in total. The van der Waals surface area contributed by atoms with E-state index in [1.165, 1.54) is 6.39 Å².